The third-order valence-corrected chi connectivity index (χ3v) is 0.565. The molecule has 1 amide bonds. The molecule has 7 heavy (non-hydrogen) atoms. The van der Waals surface area contributed by atoms with Crippen molar-refractivity contribution in [2.24, 2.45) is 5.22 Å². The lowest BCUT2D eigenvalue weighted by Crippen LogP contribution is -2.14. The van der Waals surface area contributed by atoms with E-state index in [2.05, 4.69) is 5.22 Å². The molecule has 0 fully saturated rings. The number of carbonyl (C=O) groups excluding carboxylic acids is 1. The zero-order valence-corrected chi connectivity index (χ0v) is 3.42. The summed E-state index contributed by atoms with van der Waals surface area (Å²) in [6, 6.07) is 0. The van der Waals surface area contributed by atoms with Gasteiger partial charge in [0.1, 0.15) is 0 Å². The van der Waals surface area contributed by atoms with Crippen LogP contribution in [-0.2, 0) is 4.79 Å². The van der Waals surface area contributed by atoms with E-state index in [1.54, 1.807) is 0 Å². The van der Waals surface area contributed by atoms with E-state index in [-0.39, 0.29) is 12.5 Å². The minimum atomic E-state index is -0.352. The summed E-state index contributed by atoms with van der Waals surface area (Å²) in [6.07, 6.45) is 0. The predicted octanol–water partition coefficient (Wildman–Crippen LogP) is -1.01. The van der Waals surface area contributed by atoms with Crippen LogP contribution in [0.5, 0.6) is 0 Å². The average Bonchev–Trinajstić information content (AvgIpc) is 1.87. The maximum absolute atomic E-state index is 10.0. The van der Waals surface area contributed by atoms with Crippen molar-refractivity contribution in [2.75, 3.05) is 6.54 Å². The molecule has 1 N–H and O–H groups in total. The third kappa shape index (κ3) is 0.648. The van der Waals surface area contributed by atoms with Crippen molar-refractivity contribution in [3.05, 3.63) is 5.21 Å². The normalized spacial score (nSPS) is 18.9. The molecule has 0 saturated heterocycles. The molecule has 0 aromatic carbocycles. The van der Waals surface area contributed by atoms with Gasteiger partial charge >= 0.3 is 5.91 Å². The number of rotatable bonds is 0. The summed E-state index contributed by atoms with van der Waals surface area (Å²) >= 11 is 0. The van der Waals surface area contributed by atoms with E-state index in [1.165, 1.54) is 0 Å². The maximum atomic E-state index is 10.0. The first-order valence-electron chi connectivity index (χ1n) is 1.73. The van der Waals surface area contributed by atoms with Gasteiger partial charge in [0.2, 0.25) is 6.54 Å². The Morgan fingerprint density at radius 3 is 2.86 bits per heavy atom. The summed E-state index contributed by atoms with van der Waals surface area (Å²) in [7, 11) is 0. The molecule has 1 rings (SSSR count). The Kier molecular flexibility index (Phi) is 0.680. The monoisotopic (exact) mass is 101 g/mol. The van der Waals surface area contributed by atoms with Crippen LogP contribution in [-0.4, -0.2) is 17.3 Å². The Morgan fingerprint density at radius 2 is 2.71 bits per heavy atom. The van der Waals surface area contributed by atoms with Crippen LogP contribution in [0.25, 0.3) is 0 Å². The van der Waals surface area contributed by atoms with Gasteiger partial charge in [0.15, 0.2) is 0 Å². The molecule has 0 aromatic rings. The van der Waals surface area contributed by atoms with Crippen LogP contribution in [0, 0.1) is 5.21 Å². The molecule has 0 aromatic heterocycles. The van der Waals surface area contributed by atoms with Crippen LogP contribution in [0.1, 0.15) is 0 Å². The molecule has 0 aliphatic carbocycles. The van der Waals surface area contributed by atoms with Gasteiger partial charge in [-0.2, -0.15) is 4.86 Å². The Bertz CT molecular complexity index is 129. The average molecular weight is 101 g/mol. The second kappa shape index (κ2) is 1.18. The molecule has 0 bridgehead atoms. The van der Waals surface area contributed by atoms with Gasteiger partial charge in [-0.05, 0) is 0 Å². The van der Waals surface area contributed by atoms with E-state index in [0.717, 1.165) is 0 Å². The summed E-state index contributed by atoms with van der Waals surface area (Å²) in [5.74, 6) is -0.352. The van der Waals surface area contributed by atoms with Crippen molar-refractivity contribution in [1.82, 2.24) is 5.43 Å². The molecule has 0 radical (unpaired) electrons. The number of hydrogen-bond acceptors (Lipinski definition) is 3. The van der Waals surface area contributed by atoms with Gasteiger partial charge in [-0.25, -0.2) is 4.79 Å². The van der Waals surface area contributed by atoms with Crippen LogP contribution in [0.15, 0.2) is 5.22 Å². The van der Waals surface area contributed by atoms with Crippen molar-refractivity contribution >= 4 is 5.91 Å². The molecule has 0 saturated carbocycles. The molecule has 0 atom stereocenters. The number of amides is 1. The lowest BCUT2D eigenvalue weighted by molar-refractivity contribution is -0.509. The summed E-state index contributed by atoms with van der Waals surface area (Å²) in [5, 5.41) is 12.9. The Labute approximate surface area is 39.2 Å². The first-order chi connectivity index (χ1) is 3.29. The number of nitrogens with zero attached hydrogens (tertiary/aromatic N) is 2. The van der Waals surface area contributed by atoms with E-state index in [4.69, 9.17) is 0 Å². The largest absolute Gasteiger partial charge is 0.695 e. The van der Waals surface area contributed by atoms with Crippen molar-refractivity contribution < 1.29 is 9.66 Å². The van der Waals surface area contributed by atoms with Gasteiger partial charge in [0.25, 0.3) is 0 Å². The predicted molar refractivity (Wildman–Crippen MR) is 19.1 cm³/mol. The van der Waals surface area contributed by atoms with Crippen LogP contribution >= 0.6 is 0 Å². The highest BCUT2D eigenvalue weighted by molar-refractivity contribution is 5.76. The maximum Gasteiger partial charge on any atom is 0.371 e. The molecule has 5 heteroatoms. The zero-order chi connectivity index (χ0) is 5.28. The molecule has 5 nitrogen and oxygen atoms in total. The lowest BCUT2D eigenvalue weighted by atomic mass is 10.7. The second-order valence-corrected chi connectivity index (χ2v) is 1.15. The van der Waals surface area contributed by atoms with Gasteiger partial charge in [-0.15, -0.1) is 5.43 Å². The van der Waals surface area contributed by atoms with Gasteiger partial charge in [-0.3, -0.25) is 0 Å². The van der Waals surface area contributed by atoms with Crippen LogP contribution < -0.4 is 5.43 Å². The van der Waals surface area contributed by atoms with Crippen LogP contribution in [0.3, 0.4) is 0 Å². The van der Waals surface area contributed by atoms with Crippen LogP contribution in [0.2, 0.25) is 0 Å². The van der Waals surface area contributed by atoms with Gasteiger partial charge < -0.3 is 5.21 Å². The Balaban J connectivity index is 2.58. The summed E-state index contributed by atoms with van der Waals surface area (Å²) in [5.41, 5.74) is 1.97. The van der Waals surface area contributed by atoms with Gasteiger partial charge in [0.05, 0.1) is 5.22 Å². The summed E-state index contributed by atoms with van der Waals surface area (Å²) < 4.78 is 0. The number of hydroxylamine groups is 1. The minimum Gasteiger partial charge on any atom is -0.695 e. The van der Waals surface area contributed by atoms with Crippen molar-refractivity contribution in [3.63, 3.8) is 0 Å². The van der Waals surface area contributed by atoms with Crippen molar-refractivity contribution in [1.29, 1.82) is 0 Å². The lowest BCUT2D eigenvalue weighted by Gasteiger charge is -1.88. The Morgan fingerprint density at radius 1 is 2.00 bits per heavy atom. The van der Waals surface area contributed by atoms with E-state index in [1.807, 2.05) is 5.43 Å². The second-order valence-electron chi connectivity index (χ2n) is 1.15. The molecule has 0 unspecified atom stereocenters. The smallest absolute Gasteiger partial charge is 0.371 e. The number of carbonyl (C=O) groups is 1. The van der Waals surface area contributed by atoms with Gasteiger partial charge in [0, 0.05) is 0 Å². The highest BCUT2D eigenvalue weighted by atomic mass is 16.5. The fraction of sp³-hybridized carbons (Fsp3) is 0.500. The fourth-order valence-corrected chi connectivity index (χ4v) is 0.305. The Hall–Kier alpha value is -1.13. The summed E-state index contributed by atoms with van der Waals surface area (Å²) in [6.45, 7) is -0.167. The van der Waals surface area contributed by atoms with Crippen molar-refractivity contribution in [2.45, 2.75) is 0 Å². The van der Waals surface area contributed by atoms with Gasteiger partial charge in [-0.1, -0.05) is 0 Å². The summed E-state index contributed by atoms with van der Waals surface area (Å²) in [4.78, 5) is 10.3. The molecule has 1 aliphatic heterocycles. The fourth-order valence-electron chi connectivity index (χ4n) is 0.305. The molecular formula is C2H3N3O2. The minimum absolute atomic E-state index is 0.167. The first-order valence-corrected chi connectivity index (χ1v) is 1.73. The van der Waals surface area contributed by atoms with Crippen molar-refractivity contribution in [3.8, 4) is 0 Å². The first kappa shape index (κ1) is 4.04. The molecule has 1 aliphatic rings. The van der Waals surface area contributed by atoms with E-state index < -0.39 is 0 Å². The molecule has 0 spiro atoms. The topological polar surface area (TPSA) is 67.5 Å². The van der Waals surface area contributed by atoms with Crippen LogP contribution in [0.4, 0.5) is 0 Å². The number of nitrogens with one attached hydrogen (secondary N) is 1. The van der Waals surface area contributed by atoms with E-state index >= 15 is 0 Å². The third-order valence-electron chi connectivity index (χ3n) is 0.565. The highest BCUT2D eigenvalue weighted by Gasteiger charge is 2.14. The SMILES string of the molecule is O=C1C[N+]([O-])=NN1. The molecule has 1 heterocycles. The van der Waals surface area contributed by atoms with E-state index in [0.29, 0.717) is 4.86 Å². The number of hydrogen-bond donors (Lipinski definition) is 1. The zero-order valence-electron chi connectivity index (χ0n) is 3.42. The van der Waals surface area contributed by atoms with E-state index in [9.17, 15) is 10.0 Å². The highest BCUT2D eigenvalue weighted by Crippen LogP contribution is 1.81. The quantitative estimate of drug-likeness (QED) is 0.314. The molecule has 38 valence electrons. The molecular weight excluding hydrogens is 98.0 g/mol. The standard InChI is InChI=1S/C2H3N3O2/c6-2-1-5(7)4-3-2/h1H2,(H,3,6).